The molecule has 0 unspecified atom stereocenters. The van der Waals surface area contributed by atoms with Gasteiger partial charge in [-0.1, -0.05) is 0 Å². The quantitative estimate of drug-likeness (QED) is 0.758. The maximum Gasteiger partial charge on any atom is 0.355 e. The van der Waals surface area contributed by atoms with Gasteiger partial charge in [-0.2, -0.15) is 0 Å². The molecule has 5 nitrogen and oxygen atoms in total. The second kappa shape index (κ2) is 7.29. The fourth-order valence-corrected chi connectivity index (χ4v) is 2.74. The average molecular weight is 294 g/mol. The molecule has 0 aromatic carbocycles. The lowest BCUT2D eigenvalue weighted by Gasteiger charge is -2.19. The number of nitrogens with zero attached hydrogens (tertiary/aromatic N) is 2. The van der Waals surface area contributed by atoms with Crippen LogP contribution in [0.3, 0.4) is 0 Å². The molecule has 118 valence electrons. The van der Waals surface area contributed by atoms with Crippen LogP contribution in [-0.4, -0.2) is 41.0 Å². The smallest absolute Gasteiger partial charge is 0.355 e. The van der Waals surface area contributed by atoms with Crippen molar-refractivity contribution in [2.24, 2.45) is 0 Å². The molecular weight excluding hydrogens is 268 g/mol. The van der Waals surface area contributed by atoms with Crippen LogP contribution in [0.15, 0.2) is 0 Å². The van der Waals surface area contributed by atoms with Crippen LogP contribution in [0.5, 0.6) is 0 Å². The summed E-state index contributed by atoms with van der Waals surface area (Å²) in [7, 11) is 0. The Hall–Kier alpha value is -1.78. The van der Waals surface area contributed by atoms with Crippen LogP contribution in [0.1, 0.15) is 59.8 Å². The highest BCUT2D eigenvalue weighted by molar-refractivity contribution is 6.01. The maximum absolute atomic E-state index is 12.7. The first-order valence-electron chi connectivity index (χ1n) is 7.60. The monoisotopic (exact) mass is 294 g/mol. The molecule has 0 aliphatic heterocycles. The van der Waals surface area contributed by atoms with Crippen LogP contribution in [-0.2, 0) is 11.3 Å². The van der Waals surface area contributed by atoms with Crippen LogP contribution in [0.2, 0.25) is 0 Å². The van der Waals surface area contributed by atoms with E-state index in [2.05, 4.69) is 0 Å². The SMILES string of the molecule is CCOC(=O)c1c(C)c(C(=O)N(CC)CC)c(C)n1CC. The zero-order valence-corrected chi connectivity index (χ0v) is 13.9. The van der Waals surface area contributed by atoms with E-state index < -0.39 is 0 Å². The van der Waals surface area contributed by atoms with Crippen molar-refractivity contribution >= 4 is 11.9 Å². The first-order valence-corrected chi connectivity index (χ1v) is 7.60. The molecular formula is C16H26N2O3. The van der Waals surface area contributed by atoms with Gasteiger partial charge in [0.05, 0.1) is 12.2 Å². The number of hydrogen-bond acceptors (Lipinski definition) is 3. The van der Waals surface area contributed by atoms with Crippen molar-refractivity contribution in [3.05, 3.63) is 22.5 Å². The van der Waals surface area contributed by atoms with E-state index in [1.165, 1.54) is 0 Å². The van der Waals surface area contributed by atoms with Crippen LogP contribution < -0.4 is 0 Å². The number of amides is 1. The standard InChI is InChI=1S/C16H26N2O3/c1-7-17(8-2)15(19)13-11(5)14(16(20)21-10-4)18(9-3)12(13)6/h7-10H2,1-6H3. The van der Waals surface area contributed by atoms with Crippen LogP contribution in [0.4, 0.5) is 0 Å². The predicted octanol–water partition coefficient (Wildman–Crippen LogP) is 2.78. The predicted molar refractivity (Wildman–Crippen MR) is 82.8 cm³/mol. The number of carbonyl (C=O) groups excluding carboxylic acids is 2. The van der Waals surface area contributed by atoms with Gasteiger partial charge in [-0.15, -0.1) is 0 Å². The largest absolute Gasteiger partial charge is 0.461 e. The molecule has 0 N–H and O–H groups in total. The van der Waals surface area contributed by atoms with Crippen molar-refractivity contribution in [1.82, 2.24) is 9.47 Å². The van der Waals surface area contributed by atoms with Gasteiger partial charge in [0.25, 0.3) is 5.91 Å². The molecule has 21 heavy (non-hydrogen) atoms. The zero-order chi connectivity index (χ0) is 16.2. The molecule has 1 rings (SSSR count). The number of ether oxygens (including phenoxy) is 1. The van der Waals surface area contributed by atoms with Crippen LogP contribution >= 0.6 is 0 Å². The summed E-state index contributed by atoms with van der Waals surface area (Å²) in [6, 6.07) is 0. The number of esters is 1. The van der Waals surface area contributed by atoms with E-state index in [0.29, 0.717) is 43.1 Å². The summed E-state index contributed by atoms with van der Waals surface area (Å²) in [4.78, 5) is 26.6. The molecule has 1 heterocycles. The summed E-state index contributed by atoms with van der Waals surface area (Å²) in [5.74, 6) is -0.383. The number of aromatic nitrogens is 1. The van der Waals surface area contributed by atoms with Gasteiger partial charge >= 0.3 is 5.97 Å². The summed E-state index contributed by atoms with van der Waals surface area (Å²) in [6.45, 7) is 13.6. The first-order chi connectivity index (χ1) is 9.94. The molecule has 1 aromatic heterocycles. The van der Waals surface area contributed by atoms with Crippen molar-refractivity contribution in [2.45, 2.75) is 48.1 Å². The van der Waals surface area contributed by atoms with E-state index >= 15 is 0 Å². The average Bonchev–Trinajstić information content (AvgIpc) is 2.70. The second-order valence-corrected chi connectivity index (χ2v) is 4.88. The molecule has 0 aliphatic carbocycles. The third-order valence-electron chi connectivity index (χ3n) is 3.82. The van der Waals surface area contributed by atoms with Gasteiger partial charge in [0.2, 0.25) is 0 Å². The first kappa shape index (κ1) is 17.3. The molecule has 0 saturated carbocycles. The fraction of sp³-hybridized carbons (Fsp3) is 0.625. The Morgan fingerprint density at radius 2 is 1.67 bits per heavy atom. The fourth-order valence-electron chi connectivity index (χ4n) is 2.74. The molecule has 0 spiro atoms. The van der Waals surface area contributed by atoms with Crippen LogP contribution in [0, 0.1) is 13.8 Å². The second-order valence-electron chi connectivity index (χ2n) is 4.88. The Morgan fingerprint density at radius 1 is 1.10 bits per heavy atom. The van der Waals surface area contributed by atoms with E-state index in [-0.39, 0.29) is 11.9 Å². The normalized spacial score (nSPS) is 10.6. The molecule has 0 atom stereocenters. The third-order valence-corrected chi connectivity index (χ3v) is 3.82. The molecule has 0 radical (unpaired) electrons. The van der Waals surface area contributed by atoms with Crippen molar-refractivity contribution in [2.75, 3.05) is 19.7 Å². The number of carbonyl (C=O) groups is 2. The lowest BCUT2D eigenvalue weighted by molar-refractivity contribution is 0.0512. The van der Waals surface area contributed by atoms with Crippen molar-refractivity contribution in [1.29, 1.82) is 0 Å². The summed E-state index contributed by atoms with van der Waals surface area (Å²) in [6.07, 6.45) is 0. The maximum atomic E-state index is 12.7. The lowest BCUT2D eigenvalue weighted by atomic mass is 10.1. The molecule has 0 bridgehead atoms. The highest BCUT2D eigenvalue weighted by atomic mass is 16.5. The molecule has 0 aliphatic rings. The summed E-state index contributed by atoms with van der Waals surface area (Å²) < 4.78 is 6.99. The van der Waals surface area contributed by atoms with Crippen molar-refractivity contribution < 1.29 is 14.3 Å². The topological polar surface area (TPSA) is 51.5 Å². The van der Waals surface area contributed by atoms with Crippen molar-refractivity contribution in [3.8, 4) is 0 Å². The zero-order valence-electron chi connectivity index (χ0n) is 13.9. The Morgan fingerprint density at radius 3 is 2.10 bits per heavy atom. The van der Waals surface area contributed by atoms with E-state index in [4.69, 9.17) is 4.74 Å². The van der Waals surface area contributed by atoms with E-state index in [1.54, 1.807) is 11.8 Å². The highest BCUT2D eigenvalue weighted by Gasteiger charge is 2.28. The summed E-state index contributed by atoms with van der Waals surface area (Å²) in [5, 5.41) is 0. The molecule has 0 saturated heterocycles. The van der Waals surface area contributed by atoms with Gasteiger partial charge in [0.1, 0.15) is 5.69 Å². The van der Waals surface area contributed by atoms with E-state index in [1.807, 2.05) is 39.2 Å². The lowest BCUT2D eigenvalue weighted by Crippen LogP contribution is -2.31. The molecule has 0 fully saturated rings. The van der Waals surface area contributed by atoms with Crippen molar-refractivity contribution in [3.63, 3.8) is 0 Å². The molecule has 5 heteroatoms. The van der Waals surface area contributed by atoms with Gasteiger partial charge in [-0.3, -0.25) is 4.79 Å². The van der Waals surface area contributed by atoms with Gasteiger partial charge in [0, 0.05) is 25.3 Å². The Bertz CT molecular complexity index is 528. The van der Waals surface area contributed by atoms with Gasteiger partial charge in [-0.05, 0) is 47.1 Å². The van der Waals surface area contributed by atoms with Gasteiger partial charge in [0.15, 0.2) is 0 Å². The summed E-state index contributed by atoms with van der Waals surface area (Å²) in [5.41, 5.74) is 2.66. The number of rotatable bonds is 6. The Labute approximate surface area is 126 Å². The molecule has 1 aromatic rings. The third kappa shape index (κ3) is 3.12. The minimum absolute atomic E-state index is 0.0206. The minimum Gasteiger partial charge on any atom is -0.461 e. The number of hydrogen-bond donors (Lipinski definition) is 0. The van der Waals surface area contributed by atoms with Gasteiger partial charge < -0.3 is 14.2 Å². The minimum atomic E-state index is -0.362. The van der Waals surface area contributed by atoms with Gasteiger partial charge in [-0.25, -0.2) is 4.79 Å². The molecule has 1 amide bonds. The highest BCUT2D eigenvalue weighted by Crippen LogP contribution is 2.24. The summed E-state index contributed by atoms with van der Waals surface area (Å²) >= 11 is 0. The Balaban J connectivity index is 3.42. The van der Waals surface area contributed by atoms with E-state index in [0.717, 1.165) is 5.69 Å². The van der Waals surface area contributed by atoms with E-state index in [9.17, 15) is 9.59 Å². The Kier molecular flexibility index (Phi) is 6.00. The van der Waals surface area contributed by atoms with Crippen LogP contribution in [0.25, 0.3) is 0 Å².